The van der Waals surface area contributed by atoms with Gasteiger partial charge >= 0.3 is 0 Å². The Labute approximate surface area is 164 Å². The lowest BCUT2D eigenvalue weighted by Gasteiger charge is -2.26. The van der Waals surface area contributed by atoms with E-state index >= 15 is 0 Å². The van der Waals surface area contributed by atoms with Crippen molar-refractivity contribution in [3.63, 3.8) is 0 Å². The van der Waals surface area contributed by atoms with Crippen LogP contribution in [0.25, 0.3) is 0 Å². The van der Waals surface area contributed by atoms with Crippen molar-refractivity contribution in [3.8, 4) is 5.75 Å². The number of nitrogens with zero attached hydrogens (tertiary/aromatic N) is 1. The molecule has 6 heteroatoms. The molecule has 0 aliphatic carbocycles. The van der Waals surface area contributed by atoms with Gasteiger partial charge in [0.2, 0.25) is 5.91 Å². The van der Waals surface area contributed by atoms with Crippen LogP contribution in [0.4, 0.5) is 0 Å². The second-order valence-corrected chi connectivity index (χ2v) is 7.38. The molecule has 0 saturated carbocycles. The summed E-state index contributed by atoms with van der Waals surface area (Å²) in [7, 11) is 0. The number of carbonyl (C=O) groups is 2. The van der Waals surface area contributed by atoms with Crippen molar-refractivity contribution < 1.29 is 14.3 Å². The number of para-hydroxylation sites is 1. The van der Waals surface area contributed by atoms with Crippen LogP contribution in [0.5, 0.6) is 5.75 Å². The number of thioether (sulfide) groups is 1. The molecule has 3 rings (SSSR count). The highest BCUT2D eigenvalue weighted by atomic mass is 32.2. The number of carbonyl (C=O) groups excluding carboxylic acids is 2. The van der Waals surface area contributed by atoms with Gasteiger partial charge in [-0.2, -0.15) is 11.8 Å². The van der Waals surface area contributed by atoms with Gasteiger partial charge in [-0.05, 0) is 36.6 Å². The second kappa shape index (κ2) is 9.46. The molecule has 0 saturated heterocycles. The summed E-state index contributed by atoms with van der Waals surface area (Å²) in [6.45, 7) is 1.45. The predicted octanol–water partition coefficient (Wildman–Crippen LogP) is 2.96. The van der Waals surface area contributed by atoms with Crippen molar-refractivity contribution in [2.24, 2.45) is 0 Å². The minimum Gasteiger partial charge on any atom is -0.491 e. The predicted molar refractivity (Wildman–Crippen MR) is 108 cm³/mol. The van der Waals surface area contributed by atoms with Gasteiger partial charge in [-0.1, -0.05) is 36.4 Å². The molecule has 0 radical (unpaired) electrons. The molecule has 0 spiro atoms. The summed E-state index contributed by atoms with van der Waals surface area (Å²) in [5, 5.41) is 2.93. The molecule has 0 aromatic heterocycles. The fourth-order valence-corrected chi connectivity index (χ4v) is 3.53. The Morgan fingerprint density at radius 1 is 1.15 bits per heavy atom. The summed E-state index contributed by atoms with van der Waals surface area (Å²) in [6.07, 6.45) is 2.59. The Morgan fingerprint density at radius 2 is 1.89 bits per heavy atom. The lowest BCUT2D eigenvalue weighted by molar-refractivity contribution is -0.134. The van der Waals surface area contributed by atoms with Crippen LogP contribution < -0.4 is 10.1 Å². The van der Waals surface area contributed by atoms with E-state index in [1.807, 2.05) is 48.7 Å². The van der Waals surface area contributed by atoms with Crippen molar-refractivity contribution in [1.29, 1.82) is 0 Å². The van der Waals surface area contributed by atoms with Crippen LogP contribution in [0, 0.1) is 0 Å². The van der Waals surface area contributed by atoms with E-state index in [9.17, 15) is 9.59 Å². The van der Waals surface area contributed by atoms with E-state index in [1.165, 1.54) is 0 Å². The standard InChI is InChI=1S/C21H24N2O3S/c1-27-14-11-18(22-20(24)16-7-3-2-4-8-16)21(25)23-12-13-26-19-10-6-5-9-17(19)15-23/h2-10,18H,11-15H2,1H3,(H,22,24). The first-order valence-electron chi connectivity index (χ1n) is 9.03. The molecule has 1 unspecified atom stereocenters. The van der Waals surface area contributed by atoms with Crippen LogP contribution in [-0.4, -0.2) is 47.9 Å². The van der Waals surface area contributed by atoms with Gasteiger partial charge in [0.25, 0.3) is 5.91 Å². The number of benzene rings is 2. The number of hydrogen-bond acceptors (Lipinski definition) is 4. The third-order valence-corrected chi connectivity index (χ3v) is 5.16. The highest BCUT2D eigenvalue weighted by Crippen LogP contribution is 2.23. The highest BCUT2D eigenvalue weighted by molar-refractivity contribution is 7.98. The maximum atomic E-state index is 13.2. The minimum atomic E-state index is -0.546. The molecule has 1 aliphatic heterocycles. The Kier molecular flexibility index (Phi) is 6.76. The summed E-state index contributed by atoms with van der Waals surface area (Å²) in [5.41, 5.74) is 1.55. The van der Waals surface area contributed by atoms with E-state index < -0.39 is 6.04 Å². The average molecular weight is 385 g/mol. The first-order chi connectivity index (χ1) is 13.2. The molecule has 2 aromatic rings. The fourth-order valence-electron chi connectivity index (χ4n) is 3.06. The number of amides is 2. The summed E-state index contributed by atoms with van der Waals surface area (Å²) in [5.74, 6) is 1.34. The summed E-state index contributed by atoms with van der Waals surface area (Å²) in [6, 6.07) is 16.2. The molecule has 1 N–H and O–H groups in total. The first-order valence-corrected chi connectivity index (χ1v) is 10.4. The number of hydrogen-bond donors (Lipinski definition) is 1. The van der Waals surface area contributed by atoms with Crippen LogP contribution in [0.3, 0.4) is 0 Å². The van der Waals surface area contributed by atoms with E-state index in [2.05, 4.69) is 5.32 Å². The maximum Gasteiger partial charge on any atom is 0.251 e. The molecule has 2 aromatic carbocycles. The molecular formula is C21H24N2O3S. The summed E-state index contributed by atoms with van der Waals surface area (Å²) < 4.78 is 5.75. The zero-order chi connectivity index (χ0) is 19.1. The number of nitrogens with one attached hydrogen (secondary N) is 1. The molecule has 0 fully saturated rings. The van der Waals surface area contributed by atoms with Crippen molar-refractivity contribution in [3.05, 3.63) is 65.7 Å². The number of rotatable bonds is 6. The van der Waals surface area contributed by atoms with Crippen molar-refractivity contribution in [1.82, 2.24) is 10.2 Å². The van der Waals surface area contributed by atoms with Gasteiger partial charge in [-0.15, -0.1) is 0 Å². The van der Waals surface area contributed by atoms with E-state index in [0.717, 1.165) is 17.1 Å². The molecule has 5 nitrogen and oxygen atoms in total. The zero-order valence-electron chi connectivity index (χ0n) is 15.4. The van der Waals surface area contributed by atoms with Gasteiger partial charge < -0.3 is 15.0 Å². The van der Waals surface area contributed by atoms with Crippen LogP contribution in [0.2, 0.25) is 0 Å². The SMILES string of the molecule is CSCCC(NC(=O)c1ccccc1)C(=O)N1CCOc2ccccc2C1. The molecule has 0 bridgehead atoms. The quantitative estimate of drug-likeness (QED) is 0.832. The molecule has 1 heterocycles. The van der Waals surface area contributed by atoms with Crippen molar-refractivity contribution in [2.75, 3.05) is 25.2 Å². The monoisotopic (exact) mass is 384 g/mol. The van der Waals surface area contributed by atoms with Gasteiger partial charge in [-0.3, -0.25) is 9.59 Å². The zero-order valence-corrected chi connectivity index (χ0v) is 16.2. The fraction of sp³-hybridized carbons (Fsp3) is 0.333. The molecule has 142 valence electrons. The van der Waals surface area contributed by atoms with Crippen LogP contribution >= 0.6 is 11.8 Å². The summed E-state index contributed by atoms with van der Waals surface area (Å²) >= 11 is 1.66. The normalized spacial score (nSPS) is 14.5. The van der Waals surface area contributed by atoms with Gasteiger partial charge in [0.1, 0.15) is 18.4 Å². The molecule has 27 heavy (non-hydrogen) atoms. The van der Waals surface area contributed by atoms with Gasteiger partial charge in [-0.25, -0.2) is 0 Å². The minimum absolute atomic E-state index is 0.0614. The van der Waals surface area contributed by atoms with Crippen LogP contribution in [-0.2, 0) is 11.3 Å². The Hall–Kier alpha value is -2.47. The van der Waals surface area contributed by atoms with Gasteiger partial charge in [0.05, 0.1) is 6.54 Å². The molecule has 1 aliphatic rings. The van der Waals surface area contributed by atoms with Crippen molar-refractivity contribution in [2.45, 2.75) is 19.0 Å². The number of ether oxygens (including phenoxy) is 1. The lowest BCUT2D eigenvalue weighted by atomic mass is 10.1. The summed E-state index contributed by atoms with van der Waals surface area (Å²) in [4.78, 5) is 27.5. The van der Waals surface area contributed by atoms with Crippen LogP contribution in [0.15, 0.2) is 54.6 Å². The number of fused-ring (bicyclic) bond motifs is 1. The average Bonchev–Trinajstić information content (AvgIpc) is 2.93. The van der Waals surface area contributed by atoms with E-state index in [1.54, 1.807) is 28.8 Å². The lowest BCUT2D eigenvalue weighted by Crippen LogP contribution is -2.49. The van der Waals surface area contributed by atoms with Gasteiger partial charge in [0, 0.05) is 17.7 Å². The topological polar surface area (TPSA) is 58.6 Å². The van der Waals surface area contributed by atoms with Crippen LogP contribution in [0.1, 0.15) is 22.3 Å². The van der Waals surface area contributed by atoms with E-state index in [4.69, 9.17) is 4.74 Å². The Bertz CT molecular complexity index is 782. The molecular weight excluding hydrogens is 360 g/mol. The molecule has 2 amide bonds. The Morgan fingerprint density at radius 3 is 2.67 bits per heavy atom. The first kappa shape index (κ1) is 19.3. The third-order valence-electron chi connectivity index (χ3n) is 4.51. The highest BCUT2D eigenvalue weighted by Gasteiger charge is 2.28. The van der Waals surface area contributed by atoms with E-state index in [-0.39, 0.29) is 11.8 Å². The third kappa shape index (κ3) is 5.04. The smallest absolute Gasteiger partial charge is 0.251 e. The maximum absolute atomic E-state index is 13.2. The van der Waals surface area contributed by atoms with E-state index in [0.29, 0.717) is 31.7 Å². The van der Waals surface area contributed by atoms with Gasteiger partial charge in [0.15, 0.2) is 0 Å². The largest absolute Gasteiger partial charge is 0.491 e. The molecule has 1 atom stereocenters. The van der Waals surface area contributed by atoms with Crippen molar-refractivity contribution >= 4 is 23.6 Å². The second-order valence-electron chi connectivity index (χ2n) is 6.39. The Balaban J connectivity index is 1.74.